The van der Waals surface area contributed by atoms with E-state index < -0.39 is 0 Å². The lowest BCUT2D eigenvalue weighted by Gasteiger charge is -2.08. The van der Waals surface area contributed by atoms with Crippen molar-refractivity contribution in [2.45, 2.75) is 136 Å². The third kappa shape index (κ3) is 18.1. The Balaban J connectivity index is 3.00. The largest absolute Gasteiger partial charge is 0.0654 e. The Labute approximate surface area is 142 Å². The van der Waals surface area contributed by atoms with Crippen LogP contribution in [-0.4, -0.2) is 0 Å². The van der Waals surface area contributed by atoms with Gasteiger partial charge >= 0.3 is 0 Å². The van der Waals surface area contributed by atoms with Crippen LogP contribution in [0.4, 0.5) is 0 Å². The quantitative estimate of drug-likeness (QED) is 0.222. The third-order valence-electron chi connectivity index (χ3n) is 4.88. The van der Waals surface area contributed by atoms with Crippen LogP contribution in [-0.2, 0) is 0 Å². The highest BCUT2D eigenvalue weighted by molar-refractivity contribution is 4.82. The van der Waals surface area contributed by atoms with Gasteiger partial charge in [0.1, 0.15) is 0 Å². The summed E-state index contributed by atoms with van der Waals surface area (Å²) in [6.45, 7) is 6.93. The molecule has 0 spiro atoms. The van der Waals surface area contributed by atoms with Gasteiger partial charge in [-0.2, -0.15) is 0 Å². The van der Waals surface area contributed by atoms with Crippen LogP contribution in [0.2, 0.25) is 0 Å². The average molecular weight is 310 g/mol. The summed E-state index contributed by atoms with van der Waals surface area (Å²) in [6, 6.07) is 0. The fourth-order valence-corrected chi connectivity index (χ4v) is 3.35. The van der Waals surface area contributed by atoms with E-state index in [1.807, 2.05) is 0 Å². The maximum Gasteiger partial charge on any atom is -0.0272 e. The molecule has 0 aliphatic rings. The topological polar surface area (TPSA) is 0 Å². The second-order valence-electron chi connectivity index (χ2n) is 7.41. The number of hydrogen-bond donors (Lipinski definition) is 0. The molecule has 0 aliphatic carbocycles. The van der Waals surface area contributed by atoms with Gasteiger partial charge in [0.2, 0.25) is 0 Å². The molecule has 0 saturated carbocycles. The molecule has 133 valence electrons. The molecule has 0 nitrogen and oxygen atoms in total. The van der Waals surface area contributed by atoms with Gasteiger partial charge in [-0.05, 0) is 18.8 Å². The van der Waals surface area contributed by atoms with E-state index in [4.69, 9.17) is 0 Å². The van der Waals surface area contributed by atoms with Gasteiger partial charge < -0.3 is 0 Å². The predicted octanol–water partition coefficient (Wildman–Crippen LogP) is 8.64. The lowest BCUT2D eigenvalue weighted by atomic mass is 9.98. The van der Waals surface area contributed by atoms with E-state index >= 15 is 0 Å². The monoisotopic (exact) mass is 309 g/mol. The van der Waals surface area contributed by atoms with Crippen molar-refractivity contribution in [3.8, 4) is 0 Å². The minimum atomic E-state index is 1.32. The van der Waals surface area contributed by atoms with E-state index in [0.717, 1.165) is 0 Å². The lowest BCUT2D eigenvalue weighted by Crippen LogP contribution is -1.91. The number of rotatable bonds is 18. The van der Waals surface area contributed by atoms with Gasteiger partial charge in [-0.25, -0.2) is 0 Å². The Morgan fingerprint density at radius 1 is 0.409 bits per heavy atom. The van der Waals surface area contributed by atoms with Gasteiger partial charge in [-0.15, -0.1) is 0 Å². The van der Waals surface area contributed by atoms with Crippen molar-refractivity contribution >= 4 is 0 Å². The first-order valence-corrected chi connectivity index (χ1v) is 10.6. The molecule has 0 aromatic heterocycles. The number of hydrogen-bond acceptors (Lipinski definition) is 0. The Kier molecular flexibility index (Phi) is 19.0. The van der Waals surface area contributed by atoms with Crippen LogP contribution in [0, 0.1) is 5.92 Å². The minimum Gasteiger partial charge on any atom is -0.0654 e. The lowest BCUT2D eigenvalue weighted by molar-refractivity contribution is 0.528. The Bertz CT molecular complexity index is 184. The molecule has 0 N–H and O–H groups in total. The van der Waals surface area contributed by atoms with Gasteiger partial charge in [-0.1, -0.05) is 124 Å². The molecule has 22 heavy (non-hydrogen) atoms. The summed E-state index contributed by atoms with van der Waals surface area (Å²) in [5.41, 5.74) is 0. The minimum absolute atomic E-state index is 1.32. The van der Waals surface area contributed by atoms with Crippen LogP contribution in [0.25, 0.3) is 0 Å². The van der Waals surface area contributed by atoms with Gasteiger partial charge in [0, 0.05) is 0 Å². The first kappa shape index (κ1) is 22.0. The molecule has 0 saturated heterocycles. The summed E-state index contributed by atoms with van der Waals surface area (Å²) in [5.74, 6) is 1.72. The standard InChI is InChI=1S/C22H45/c1-4-6-7-8-9-10-11-12-13-14-15-16-17-18-19-21-22(3)20-5-2/h4-21H2,1-3H3. The van der Waals surface area contributed by atoms with Gasteiger partial charge in [0.25, 0.3) is 0 Å². The summed E-state index contributed by atoms with van der Waals surface area (Å²) in [4.78, 5) is 0. The Morgan fingerprint density at radius 3 is 1.14 bits per heavy atom. The second-order valence-corrected chi connectivity index (χ2v) is 7.41. The summed E-state index contributed by atoms with van der Waals surface area (Å²) in [6.07, 6.45) is 26.0. The van der Waals surface area contributed by atoms with E-state index in [1.54, 1.807) is 5.92 Å². The van der Waals surface area contributed by atoms with Crippen LogP contribution < -0.4 is 0 Å². The predicted molar refractivity (Wildman–Crippen MR) is 103 cm³/mol. The van der Waals surface area contributed by atoms with Crippen molar-refractivity contribution in [2.24, 2.45) is 0 Å². The molecule has 0 unspecified atom stereocenters. The first-order valence-electron chi connectivity index (χ1n) is 10.6. The van der Waals surface area contributed by atoms with Gasteiger partial charge in [0.05, 0.1) is 0 Å². The molecule has 0 bridgehead atoms. The average Bonchev–Trinajstić information content (AvgIpc) is 2.51. The Hall–Kier alpha value is 0. The van der Waals surface area contributed by atoms with Crippen molar-refractivity contribution in [1.82, 2.24) is 0 Å². The summed E-state index contributed by atoms with van der Waals surface area (Å²) in [5, 5.41) is 0. The highest BCUT2D eigenvalue weighted by Gasteiger charge is 2.00. The molecule has 0 fully saturated rings. The van der Waals surface area contributed by atoms with E-state index in [-0.39, 0.29) is 0 Å². The zero-order valence-electron chi connectivity index (χ0n) is 16.2. The molecule has 0 heteroatoms. The van der Waals surface area contributed by atoms with Crippen molar-refractivity contribution < 1.29 is 0 Å². The molecule has 0 atom stereocenters. The summed E-state index contributed by atoms with van der Waals surface area (Å²) < 4.78 is 0. The van der Waals surface area contributed by atoms with Crippen LogP contribution in [0.1, 0.15) is 136 Å². The molecule has 0 heterocycles. The van der Waals surface area contributed by atoms with Crippen molar-refractivity contribution in [2.75, 3.05) is 0 Å². The smallest absolute Gasteiger partial charge is 0.0272 e. The van der Waals surface area contributed by atoms with Crippen molar-refractivity contribution in [1.29, 1.82) is 0 Å². The third-order valence-corrected chi connectivity index (χ3v) is 4.88. The second kappa shape index (κ2) is 19.0. The normalized spacial score (nSPS) is 11.5. The van der Waals surface area contributed by atoms with Crippen molar-refractivity contribution in [3.63, 3.8) is 0 Å². The highest BCUT2D eigenvalue weighted by Crippen LogP contribution is 2.18. The first-order chi connectivity index (χ1) is 10.8. The van der Waals surface area contributed by atoms with Crippen LogP contribution in [0.5, 0.6) is 0 Å². The molecule has 0 amide bonds. The van der Waals surface area contributed by atoms with Crippen LogP contribution >= 0.6 is 0 Å². The molecular weight excluding hydrogens is 264 g/mol. The van der Waals surface area contributed by atoms with Gasteiger partial charge in [0.15, 0.2) is 0 Å². The highest BCUT2D eigenvalue weighted by atomic mass is 14.1. The summed E-state index contributed by atoms with van der Waals surface area (Å²) in [7, 11) is 0. The molecule has 0 rings (SSSR count). The summed E-state index contributed by atoms with van der Waals surface area (Å²) >= 11 is 0. The zero-order valence-corrected chi connectivity index (χ0v) is 16.2. The molecule has 0 aromatic carbocycles. The van der Waals surface area contributed by atoms with E-state index in [9.17, 15) is 0 Å². The van der Waals surface area contributed by atoms with Crippen molar-refractivity contribution in [3.05, 3.63) is 5.92 Å². The molecule has 0 aliphatic heterocycles. The zero-order chi connectivity index (χ0) is 16.3. The maximum absolute atomic E-state index is 2.34. The molecule has 0 aromatic rings. The SMILES string of the molecule is CCCCCCCCCCCCCCCCC[C](C)CCC. The Morgan fingerprint density at radius 2 is 0.773 bits per heavy atom. The van der Waals surface area contributed by atoms with E-state index in [0.29, 0.717) is 0 Å². The molecule has 1 radical (unpaired) electrons. The van der Waals surface area contributed by atoms with E-state index in [2.05, 4.69) is 20.8 Å². The van der Waals surface area contributed by atoms with Crippen LogP contribution in [0.15, 0.2) is 0 Å². The fraction of sp³-hybridized carbons (Fsp3) is 0.955. The molecular formula is C22H45. The van der Waals surface area contributed by atoms with Gasteiger partial charge in [-0.3, -0.25) is 0 Å². The number of unbranched alkanes of at least 4 members (excludes halogenated alkanes) is 14. The fourth-order valence-electron chi connectivity index (χ4n) is 3.35. The maximum atomic E-state index is 2.34. The van der Waals surface area contributed by atoms with Crippen LogP contribution in [0.3, 0.4) is 0 Å². The van der Waals surface area contributed by atoms with E-state index in [1.165, 1.54) is 116 Å².